The van der Waals surface area contributed by atoms with Crippen LogP contribution in [-0.2, 0) is 9.84 Å². The summed E-state index contributed by atoms with van der Waals surface area (Å²) in [7, 11) is -3.15. The number of hydrogen-bond acceptors (Lipinski definition) is 4. The summed E-state index contributed by atoms with van der Waals surface area (Å²) < 4.78 is 24.4. The number of hydrogen-bond donors (Lipinski definition) is 1. The van der Waals surface area contributed by atoms with Crippen molar-refractivity contribution in [1.29, 1.82) is 0 Å². The van der Waals surface area contributed by atoms with Gasteiger partial charge in [0.1, 0.15) is 4.90 Å². The van der Waals surface area contributed by atoms with Crippen LogP contribution >= 0.6 is 0 Å². The molecule has 2 rings (SSSR count). The molecule has 0 bridgehead atoms. The Bertz CT molecular complexity index is 466. The van der Waals surface area contributed by atoms with Gasteiger partial charge in [-0.3, -0.25) is 4.68 Å². The average molecular weight is 243 g/mol. The highest BCUT2D eigenvalue weighted by Crippen LogP contribution is 2.27. The minimum atomic E-state index is -3.15. The van der Waals surface area contributed by atoms with E-state index in [1.165, 1.54) is 12.5 Å². The van der Waals surface area contributed by atoms with E-state index in [-0.39, 0.29) is 17.0 Å². The van der Waals surface area contributed by atoms with Gasteiger partial charge in [-0.25, -0.2) is 8.42 Å². The lowest BCUT2D eigenvalue weighted by Crippen LogP contribution is -2.29. The lowest BCUT2D eigenvalue weighted by molar-refractivity contribution is 0.300. The summed E-state index contributed by atoms with van der Waals surface area (Å²) >= 11 is 0. The zero-order valence-electron chi connectivity index (χ0n) is 9.33. The molecule has 1 saturated carbocycles. The molecule has 2 N–H and O–H groups in total. The Balaban J connectivity index is 2.18. The lowest BCUT2D eigenvalue weighted by atomic mass is 9.92. The molecule has 0 radical (unpaired) electrons. The van der Waals surface area contributed by atoms with Crippen molar-refractivity contribution in [2.75, 3.05) is 6.26 Å². The van der Waals surface area contributed by atoms with Crippen molar-refractivity contribution >= 4 is 9.84 Å². The Morgan fingerprint density at radius 1 is 1.50 bits per heavy atom. The highest BCUT2D eigenvalue weighted by Gasteiger charge is 2.22. The van der Waals surface area contributed by atoms with Crippen LogP contribution in [0.5, 0.6) is 0 Å². The summed E-state index contributed by atoms with van der Waals surface area (Å²) in [5, 5.41) is 4.12. The summed E-state index contributed by atoms with van der Waals surface area (Å²) in [6, 6.07) is 0.462. The van der Waals surface area contributed by atoms with Crippen molar-refractivity contribution in [3.63, 3.8) is 0 Å². The fourth-order valence-corrected chi connectivity index (χ4v) is 2.69. The van der Waals surface area contributed by atoms with Crippen LogP contribution in [0.4, 0.5) is 0 Å². The first kappa shape index (κ1) is 11.6. The molecule has 1 aliphatic carbocycles. The van der Waals surface area contributed by atoms with E-state index in [0.717, 1.165) is 25.7 Å². The molecule has 90 valence electrons. The second-order valence-corrected chi connectivity index (χ2v) is 6.52. The molecule has 1 aliphatic rings. The van der Waals surface area contributed by atoms with Crippen molar-refractivity contribution in [2.45, 2.75) is 42.7 Å². The molecule has 1 fully saturated rings. The molecular weight excluding hydrogens is 226 g/mol. The van der Waals surface area contributed by atoms with E-state index in [4.69, 9.17) is 5.73 Å². The third-order valence-corrected chi connectivity index (χ3v) is 4.13. The van der Waals surface area contributed by atoms with Crippen molar-refractivity contribution in [3.05, 3.63) is 12.4 Å². The Morgan fingerprint density at radius 2 is 2.25 bits per heavy atom. The van der Waals surface area contributed by atoms with Gasteiger partial charge in [-0.15, -0.1) is 0 Å². The second-order valence-electron chi connectivity index (χ2n) is 4.51. The molecule has 0 amide bonds. The van der Waals surface area contributed by atoms with Crippen LogP contribution in [0, 0.1) is 0 Å². The SMILES string of the molecule is CS(=O)(=O)c1cnn(C2CCCC(N)C2)c1. The smallest absolute Gasteiger partial charge is 0.178 e. The zero-order chi connectivity index (χ0) is 11.8. The number of sulfone groups is 1. The molecule has 0 spiro atoms. The van der Waals surface area contributed by atoms with E-state index in [2.05, 4.69) is 5.10 Å². The van der Waals surface area contributed by atoms with Crippen LogP contribution in [0.15, 0.2) is 17.3 Å². The van der Waals surface area contributed by atoms with Gasteiger partial charge < -0.3 is 5.73 Å². The largest absolute Gasteiger partial charge is 0.328 e. The summed E-state index contributed by atoms with van der Waals surface area (Å²) in [6.07, 6.45) is 8.26. The molecule has 5 nitrogen and oxygen atoms in total. The van der Waals surface area contributed by atoms with E-state index in [1.54, 1.807) is 10.9 Å². The number of nitrogens with zero attached hydrogens (tertiary/aromatic N) is 2. The fourth-order valence-electron chi connectivity index (χ4n) is 2.15. The van der Waals surface area contributed by atoms with Crippen molar-refractivity contribution < 1.29 is 8.42 Å². The van der Waals surface area contributed by atoms with E-state index in [0.29, 0.717) is 0 Å². The van der Waals surface area contributed by atoms with Crippen LogP contribution in [0.3, 0.4) is 0 Å². The Labute approximate surface area is 95.6 Å². The number of nitrogens with two attached hydrogens (primary N) is 1. The highest BCUT2D eigenvalue weighted by atomic mass is 32.2. The number of rotatable bonds is 2. The van der Waals surface area contributed by atoms with Crippen LogP contribution < -0.4 is 5.73 Å². The van der Waals surface area contributed by atoms with Crippen LogP contribution in [0.1, 0.15) is 31.7 Å². The Morgan fingerprint density at radius 3 is 2.81 bits per heavy atom. The molecule has 1 aromatic heterocycles. The highest BCUT2D eigenvalue weighted by molar-refractivity contribution is 7.90. The predicted octanol–water partition coefficient (Wildman–Crippen LogP) is 0.729. The Hall–Kier alpha value is -0.880. The molecule has 6 heteroatoms. The third kappa shape index (κ3) is 2.44. The minimum absolute atomic E-state index is 0.213. The molecule has 1 heterocycles. The monoisotopic (exact) mass is 243 g/mol. The first-order valence-corrected chi connectivity index (χ1v) is 7.36. The first-order valence-electron chi connectivity index (χ1n) is 5.46. The maximum absolute atomic E-state index is 11.3. The van der Waals surface area contributed by atoms with Gasteiger partial charge in [-0.1, -0.05) is 0 Å². The normalized spacial score (nSPS) is 26.9. The van der Waals surface area contributed by atoms with Gasteiger partial charge in [0, 0.05) is 18.5 Å². The van der Waals surface area contributed by atoms with Crippen LogP contribution in [0.25, 0.3) is 0 Å². The second kappa shape index (κ2) is 4.18. The van der Waals surface area contributed by atoms with Gasteiger partial charge in [0.25, 0.3) is 0 Å². The molecule has 0 aromatic carbocycles. The van der Waals surface area contributed by atoms with E-state index in [9.17, 15) is 8.42 Å². The fraction of sp³-hybridized carbons (Fsp3) is 0.700. The Kier molecular flexibility index (Phi) is 3.03. The summed E-state index contributed by atoms with van der Waals surface area (Å²) in [6.45, 7) is 0. The molecule has 16 heavy (non-hydrogen) atoms. The van der Waals surface area contributed by atoms with E-state index >= 15 is 0 Å². The minimum Gasteiger partial charge on any atom is -0.328 e. The molecule has 1 aromatic rings. The van der Waals surface area contributed by atoms with Gasteiger partial charge in [-0.05, 0) is 25.7 Å². The standard InChI is InChI=1S/C10H17N3O2S/c1-16(14,15)10-6-12-13(7-10)9-4-2-3-8(11)5-9/h6-9H,2-5,11H2,1H3. The molecule has 0 saturated heterocycles. The summed E-state index contributed by atoms with van der Waals surface area (Å²) in [5.74, 6) is 0. The third-order valence-electron chi connectivity index (χ3n) is 3.07. The number of aromatic nitrogens is 2. The molecule has 0 aliphatic heterocycles. The van der Waals surface area contributed by atoms with Gasteiger partial charge >= 0.3 is 0 Å². The van der Waals surface area contributed by atoms with Crippen LogP contribution in [0.2, 0.25) is 0 Å². The van der Waals surface area contributed by atoms with Gasteiger partial charge in [0.05, 0.1) is 12.2 Å². The van der Waals surface area contributed by atoms with Crippen LogP contribution in [-0.4, -0.2) is 30.5 Å². The maximum atomic E-state index is 11.3. The van der Waals surface area contributed by atoms with Crippen molar-refractivity contribution in [3.8, 4) is 0 Å². The van der Waals surface area contributed by atoms with Gasteiger partial charge in [0.15, 0.2) is 9.84 Å². The van der Waals surface area contributed by atoms with Crippen molar-refractivity contribution in [2.24, 2.45) is 5.73 Å². The predicted molar refractivity (Wildman–Crippen MR) is 60.8 cm³/mol. The van der Waals surface area contributed by atoms with E-state index in [1.807, 2.05) is 0 Å². The van der Waals surface area contributed by atoms with Gasteiger partial charge in [0.2, 0.25) is 0 Å². The molecule has 2 unspecified atom stereocenters. The lowest BCUT2D eigenvalue weighted by Gasteiger charge is -2.26. The topological polar surface area (TPSA) is 78.0 Å². The maximum Gasteiger partial charge on any atom is 0.178 e. The first-order chi connectivity index (χ1) is 7.47. The summed E-state index contributed by atoms with van der Waals surface area (Å²) in [5.41, 5.74) is 5.90. The summed E-state index contributed by atoms with van der Waals surface area (Å²) in [4.78, 5) is 0.284. The van der Waals surface area contributed by atoms with Crippen molar-refractivity contribution in [1.82, 2.24) is 9.78 Å². The molecular formula is C10H17N3O2S. The molecule has 2 atom stereocenters. The van der Waals surface area contributed by atoms with Gasteiger partial charge in [-0.2, -0.15) is 5.10 Å². The zero-order valence-corrected chi connectivity index (χ0v) is 10.2. The average Bonchev–Trinajstić information content (AvgIpc) is 2.65. The quantitative estimate of drug-likeness (QED) is 0.830. The van der Waals surface area contributed by atoms with E-state index < -0.39 is 9.84 Å².